The molecule has 4 rings (SSSR count). The summed E-state index contributed by atoms with van der Waals surface area (Å²) in [6.07, 6.45) is -2.12. The van der Waals surface area contributed by atoms with E-state index in [1.165, 1.54) is 66.4 Å². The summed E-state index contributed by atoms with van der Waals surface area (Å²) in [6.45, 7) is 4.79. The first kappa shape index (κ1) is 32.7. The van der Waals surface area contributed by atoms with Crippen LogP contribution in [0, 0.1) is 0 Å². The van der Waals surface area contributed by atoms with Gasteiger partial charge < -0.3 is 24.5 Å². The van der Waals surface area contributed by atoms with E-state index < -0.39 is 43.3 Å². The molecule has 0 aromatic heterocycles. The third-order valence-electron chi connectivity index (χ3n) is 6.69. The number of carbonyl (C=O) groups is 4. The maximum absolute atomic E-state index is 12.0. The van der Waals surface area contributed by atoms with Crippen LogP contribution >= 0.6 is 7.26 Å². The molecule has 1 N–H and O–H groups in total. The van der Waals surface area contributed by atoms with Crippen molar-refractivity contribution in [1.29, 1.82) is 0 Å². The zero-order valence-electron chi connectivity index (χ0n) is 23.9. The summed E-state index contributed by atoms with van der Waals surface area (Å²) in [6, 6.07) is 36.6. The number of ether oxygens (including phenoxy) is 2. The van der Waals surface area contributed by atoms with Gasteiger partial charge in [-0.05, 0) is 48.9 Å². The van der Waals surface area contributed by atoms with E-state index in [1.54, 1.807) is 17.4 Å². The van der Waals surface area contributed by atoms with E-state index in [9.17, 15) is 29.4 Å². The third kappa shape index (κ3) is 9.62. The molecule has 0 radical (unpaired) electrons. The van der Waals surface area contributed by atoms with Crippen LogP contribution < -0.4 is 10.4 Å². The fourth-order valence-corrected chi connectivity index (χ4v) is 6.83. The Balaban J connectivity index is 0.000000257. The van der Waals surface area contributed by atoms with Crippen molar-refractivity contribution in [1.82, 2.24) is 0 Å². The molecule has 0 spiro atoms. The Morgan fingerprint density at radius 3 is 1.47 bits per heavy atom. The number of hydrogen-bond donors (Lipinski definition) is 1. The monoisotopic (exact) mass is 600 g/mol. The molecular weight excluding hydrogens is 567 g/mol. The van der Waals surface area contributed by atoms with Crippen molar-refractivity contribution >= 4 is 36.4 Å². The zero-order valence-corrected chi connectivity index (χ0v) is 24.8. The maximum Gasteiger partial charge on any atom is 0.349 e. The van der Waals surface area contributed by atoms with Crippen molar-refractivity contribution in [2.24, 2.45) is 0 Å². The van der Waals surface area contributed by atoms with E-state index in [-0.39, 0.29) is 11.1 Å². The Labute approximate surface area is 251 Å². The summed E-state index contributed by atoms with van der Waals surface area (Å²) >= 11 is 0. The number of hydrogen-bond acceptors (Lipinski definition) is 7. The first-order chi connectivity index (χ1) is 20.6. The zero-order chi connectivity index (χ0) is 31.2. The van der Waals surface area contributed by atoms with Crippen molar-refractivity contribution in [2.75, 3.05) is 12.8 Å². The second-order valence-corrected chi connectivity index (χ2v) is 14.0. The summed E-state index contributed by atoms with van der Waals surface area (Å²) in [5, 5.41) is 22.0. The van der Waals surface area contributed by atoms with Crippen LogP contribution in [0.2, 0.25) is 0 Å². The number of carboxylic acids is 2. The fourth-order valence-electron chi connectivity index (χ4n) is 4.15. The van der Waals surface area contributed by atoms with Crippen LogP contribution in [0.15, 0.2) is 121 Å². The van der Waals surface area contributed by atoms with Crippen LogP contribution in [-0.2, 0) is 25.2 Å². The first-order valence-corrected chi connectivity index (χ1v) is 16.1. The second-order valence-electron chi connectivity index (χ2n) is 9.73. The summed E-state index contributed by atoms with van der Waals surface area (Å²) in [5.41, 5.74) is 1.47. The standard InChI is InChI=1S/C18H14O8.C16H20P/c19-15(20)13(25-17(23)11-7-3-1-4-8-11)14(16(21)22)26-18(24)12-9-5-2-6-10-12;1-3-17(2,16-12-8-5-9-13-16)14-15-10-6-4-7-11-15/h1-10,13-14H,(H,19,20)(H,21,22);4-13H,3,14H2,1-2H3/q;+1/p-1. The lowest BCUT2D eigenvalue weighted by atomic mass is 10.1. The van der Waals surface area contributed by atoms with Gasteiger partial charge in [0.25, 0.3) is 0 Å². The Morgan fingerprint density at radius 2 is 1.07 bits per heavy atom. The van der Waals surface area contributed by atoms with Crippen molar-refractivity contribution in [3.05, 3.63) is 138 Å². The lowest BCUT2D eigenvalue weighted by Crippen LogP contribution is -2.51. The van der Waals surface area contributed by atoms with Gasteiger partial charge in [-0.3, -0.25) is 0 Å². The normalized spacial score (nSPS) is 13.2. The molecule has 0 heterocycles. The van der Waals surface area contributed by atoms with Crippen molar-refractivity contribution in [2.45, 2.75) is 25.3 Å². The molecule has 0 aliphatic rings. The number of carboxylic acid groups (broad SMARTS) is 2. The average molecular weight is 601 g/mol. The Morgan fingerprint density at radius 1 is 0.674 bits per heavy atom. The van der Waals surface area contributed by atoms with Gasteiger partial charge in [0.05, 0.1) is 41.4 Å². The second kappa shape index (κ2) is 16.0. The highest BCUT2D eigenvalue weighted by Gasteiger charge is 2.37. The highest BCUT2D eigenvalue weighted by molar-refractivity contribution is 7.81. The Kier molecular flexibility index (Phi) is 12.2. The van der Waals surface area contributed by atoms with Crippen LogP contribution in [0.3, 0.4) is 0 Å². The van der Waals surface area contributed by atoms with E-state index in [0.717, 1.165) is 0 Å². The summed E-state index contributed by atoms with van der Waals surface area (Å²) < 4.78 is 9.42. The molecule has 0 amide bonds. The maximum atomic E-state index is 12.0. The van der Waals surface area contributed by atoms with Crippen LogP contribution in [0.5, 0.6) is 0 Å². The number of carbonyl (C=O) groups excluding carboxylic acids is 3. The predicted molar refractivity (Wildman–Crippen MR) is 164 cm³/mol. The minimum absolute atomic E-state index is 0.00252. The SMILES string of the molecule is CC[P+](C)(Cc1ccccc1)c1ccccc1.O=C(OC(C(=O)[O-])C(OC(=O)c1ccccc1)C(=O)O)c1ccccc1. The van der Waals surface area contributed by atoms with Crippen molar-refractivity contribution in [3.63, 3.8) is 0 Å². The van der Waals surface area contributed by atoms with Gasteiger partial charge in [0.15, 0.2) is 6.10 Å². The molecule has 0 saturated carbocycles. The van der Waals surface area contributed by atoms with E-state index in [4.69, 9.17) is 9.47 Å². The molecule has 4 aromatic rings. The number of rotatable bonds is 11. The number of benzene rings is 4. The molecule has 0 aliphatic heterocycles. The molecule has 0 aliphatic carbocycles. The topological polar surface area (TPSA) is 130 Å². The van der Waals surface area contributed by atoms with E-state index in [1.807, 2.05) is 0 Å². The molecule has 9 heteroatoms. The summed E-state index contributed by atoms with van der Waals surface area (Å²) in [5.74, 6) is -5.99. The van der Waals surface area contributed by atoms with Gasteiger partial charge in [-0.25, -0.2) is 14.4 Å². The fraction of sp³-hybridized carbons (Fsp3) is 0.176. The molecule has 3 unspecified atom stereocenters. The molecule has 0 saturated heterocycles. The van der Waals surface area contributed by atoms with Gasteiger partial charge >= 0.3 is 17.9 Å². The molecule has 4 aromatic carbocycles. The smallest absolute Gasteiger partial charge is 0.349 e. The molecular formula is C34H33O8P. The van der Waals surface area contributed by atoms with Gasteiger partial charge in [-0.15, -0.1) is 0 Å². The van der Waals surface area contributed by atoms with E-state index >= 15 is 0 Å². The molecule has 222 valence electrons. The van der Waals surface area contributed by atoms with Crippen LogP contribution in [0.1, 0.15) is 33.2 Å². The van der Waals surface area contributed by atoms with Gasteiger partial charge in [-0.2, -0.15) is 0 Å². The third-order valence-corrected chi connectivity index (χ3v) is 10.7. The van der Waals surface area contributed by atoms with Crippen molar-refractivity contribution in [3.8, 4) is 0 Å². The van der Waals surface area contributed by atoms with E-state index in [2.05, 4.69) is 74.3 Å². The number of esters is 2. The molecule has 8 nitrogen and oxygen atoms in total. The molecule has 0 bridgehead atoms. The quantitative estimate of drug-likeness (QED) is 0.197. The van der Waals surface area contributed by atoms with Gasteiger partial charge in [0, 0.05) is 7.26 Å². The number of aliphatic carboxylic acids is 2. The minimum Gasteiger partial charge on any atom is -0.546 e. The van der Waals surface area contributed by atoms with Crippen LogP contribution in [-0.4, -0.2) is 54.0 Å². The van der Waals surface area contributed by atoms with Gasteiger partial charge in [0.2, 0.25) is 6.10 Å². The van der Waals surface area contributed by atoms with Crippen molar-refractivity contribution < 1.29 is 38.9 Å². The molecule has 3 atom stereocenters. The summed E-state index contributed by atoms with van der Waals surface area (Å²) in [4.78, 5) is 46.7. The highest BCUT2D eigenvalue weighted by Crippen LogP contribution is 2.56. The molecule has 0 fully saturated rings. The summed E-state index contributed by atoms with van der Waals surface area (Å²) in [7, 11) is -1.02. The lowest BCUT2D eigenvalue weighted by molar-refractivity contribution is -0.317. The highest BCUT2D eigenvalue weighted by atomic mass is 31.2. The van der Waals surface area contributed by atoms with Gasteiger partial charge in [0.1, 0.15) is 0 Å². The average Bonchev–Trinajstić information content (AvgIpc) is 3.04. The minimum atomic E-state index is -2.33. The van der Waals surface area contributed by atoms with Gasteiger partial charge in [-0.1, -0.05) is 84.9 Å². The Hall–Kier alpha value is -4.81. The van der Waals surface area contributed by atoms with E-state index in [0.29, 0.717) is 0 Å². The predicted octanol–water partition coefficient (Wildman–Crippen LogP) is 4.45. The Bertz CT molecular complexity index is 1410. The van der Waals surface area contributed by atoms with Crippen LogP contribution in [0.4, 0.5) is 0 Å². The lowest BCUT2D eigenvalue weighted by Gasteiger charge is -2.24. The molecule has 43 heavy (non-hydrogen) atoms. The van der Waals surface area contributed by atoms with Crippen LogP contribution in [0.25, 0.3) is 0 Å². The largest absolute Gasteiger partial charge is 0.546 e. The first-order valence-electron chi connectivity index (χ1n) is 13.5.